The van der Waals surface area contributed by atoms with E-state index in [4.69, 9.17) is 14.2 Å². The van der Waals surface area contributed by atoms with Gasteiger partial charge in [0.1, 0.15) is 5.75 Å². The molecule has 3 aromatic rings. The molecule has 34 heavy (non-hydrogen) atoms. The van der Waals surface area contributed by atoms with Crippen LogP contribution < -0.4 is 19.6 Å². The van der Waals surface area contributed by atoms with Gasteiger partial charge in [0.25, 0.3) is 5.91 Å². The van der Waals surface area contributed by atoms with Crippen LogP contribution in [-0.2, 0) is 4.79 Å². The van der Waals surface area contributed by atoms with Gasteiger partial charge in [0.2, 0.25) is 0 Å². The highest BCUT2D eigenvalue weighted by molar-refractivity contribution is 9.11. The van der Waals surface area contributed by atoms with Crippen LogP contribution in [0.3, 0.4) is 0 Å². The van der Waals surface area contributed by atoms with E-state index in [0.717, 1.165) is 8.95 Å². The first-order valence-electron chi connectivity index (χ1n) is 9.52. The third kappa shape index (κ3) is 7.39. The van der Waals surface area contributed by atoms with E-state index in [-0.39, 0.29) is 12.4 Å². The summed E-state index contributed by atoms with van der Waals surface area (Å²) in [5.41, 5.74) is 3.43. The van der Waals surface area contributed by atoms with Crippen molar-refractivity contribution in [3.05, 3.63) is 83.6 Å². The molecule has 11 heteroatoms. The van der Waals surface area contributed by atoms with Crippen molar-refractivity contribution >= 4 is 81.8 Å². The lowest BCUT2D eigenvalue weighted by atomic mass is 10.2. The number of nitrogens with zero attached hydrogens (tertiary/aromatic N) is 1. The van der Waals surface area contributed by atoms with E-state index in [0.29, 0.717) is 31.6 Å². The summed E-state index contributed by atoms with van der Waals surface area (Å²) in [5, 5.41) is 3.93. The molecule has 3 aromatic carbocycles. The Bertz CT molecular complexity index is 1210. The number of rotatable bonds is 8. The highest BCUT2D eigenvalue weighted by Gasteiger charge is 2.13. The third-order valence-electron chi connectivity index (χ3n) is 4.18. The zero-order valence-corrected chi connectivity index (χ0v) is 23.8. The number of hydrogen-bond donors (Lipinski definition) is 1. The average molecular weight is 720 g/mol. The topological polar surface area (TPSA) is 86.2 Å². The van der Waals surface area contributed by atoms with E-state index in [1.807, 2.05) is 12.1 Å². The van der Waals surface area contributed by atoms with Gasteiger partial charge in [0.15, 0.2) is 18.1 Å². The molecule has 0 saturated carbocycles. The van der Waals surface area contributed by atoms with Crippen LogP contribution >= 0.6 is 63.7 Å². The second-order valence-corrected chi connectivity index (χ2v) is 10.1. The molecule has 0 aliphatic heterocycles. The zero-order valence-electron chi connectivity index (χ0n) is 17.5. The molecule has 0 aliphatic rings. The molecule has 0 aliphatic carbocycles. The molecule has 176 valence electrons. The number of benzene rings is 3. The quantitative estimate of drug-likeness (QED) is 0.125. The fourth-order valence-electron chi connectivity index (χ4n) is 2.61. The van der Waals surface area contributed by atoms with E-state index in [1.165, 1.54) is 13.3 Å². The number of carbonyl (C=O) groups excluding carboxylic acids is 2. The zero-order chi connectivity index (χ0) is 24.7. The van der Waals surface area contributed by atoms with E-state index < -0.39 is 11.9 Å². The Morgan fingerprint density at radius 3 is 2.24 bits per heavy atom. The fourth-order valence-corrected chi connectivity index (χ4v) is 5.36. The number of carbonyl (C=O) groups is 2. The van der Waals surface area contributed by atoms with Gasteiger partial charge >= 0.3 is 5.97 Å². The second-order valence-electron chi connectivity index (χ2n) is 6.59. The predicted molar refractivity (Wildman–Crippen MR) is 143 cm³/mol. The standard InChI is InChI=1S/C23H16Br4N2O5/c1-32-20-8-13(2-7-19(20)34-23(31)14-3-5-15(24)6-4-14)11-28-29-21(30)12-33-22-17(26)9-16(25)10-18(22)27/h2-11H,12H2,1H3,(H,29,30)/b28-11-. The highest BCUT2D eigenvalue weighted by atomic mass is 79.9. The molecular formula is C23H16Br4N2O5. The molecule has 7 nitrogen and oxygen atoms in total. The second kappa shape index (κ2) is 12.5. The number of nitrogens with one attached hydrogen (secondary N) is 1. The third-order valence-corrected chi connectivity index (χ3v) is 6.35. The number of amides is 1. The van der Waals surface area contributed by atoms with Crippen LogP contribution in [0, 0.1) is 0 Å². The molecule has 0 fully saturated rings. The van der Waals surface area contributed by atoms with E-state index in [9.17, 15) is 9.59 Å². The van der Waals surface area contributed by atoms with Gasteiger partial charge < -0.3 is 14.2 Å². The Hall–Kier alpha value is -2.21. The summed E-state index contributed by atoms with van der Waals surface area (Å²) >= 11 is 13.5. The van der Waals surface area contributed by atoms with Crippen molar-refractivity contribution in [3.8, 4) is 17.2 Å². The summed E-state index contributed by atoms with van der Waals surface area (Å²) in [6.45, 7) is -0.232. The predicted octanol–water partition coefficient (Wildman–Crippen LogP) is 6.49. The Labute approximate surface area is 229 Å². The Balaban J connectivity index is 1.58. The maximum Gasteiger partial charge on any atom is 0.343 e. The van der Waals surface area contributed by atoms with Gasteiger partial charge in [-0.2, -0.15) is 5.10 Å². The number of hydrazone groups is 1. The van der Waals surface area contributed by atoms with E-state index >= 15 is 0 Å². The molecule has 3 rings (SSSR count). The Morgan fingerprint density at radius 1 is 0.912 bits per heavy atom. The molecule has 0 saturated heterocycles. The molecule has 0 radical (unpaired) electrons. The maximum atomic E-state index is 12.4. The molecule has 0 unspecified atom stereocenters. The van der Waals surface area contributed by atoms with Crippen molar-refractivity contribution < 1.29 is 23.8 Å². The monoisotopic (exact) mass is 716 g/mol. The molecule has 0 aromatic heterocycles. The SMILES string of the molecule is COc1cc(/C=N\NC(=O)COc2c(Br)cc(Br)cc2Br)ccc1OC(=O)c1ccc(Br)cc1. The Morgan fingerprint density at radius 2 is 1.59 bits per heavy atom. The molecule has 1 N–H and O–H groups in total. The highest BCUT2D eigenvalue weighted by Crippen LogP contribution is 2.36. The summed E-state index contributed by atoms with van der Waals surface area (Å²) in [5.74, 6) is 0.151. The van der Waals surface area contributed by atoms with Crippen molar-refractivity contribution in [1.29, 1.82) is 0 Å². The summed E-state index contributed by atoms with van der Waals surface area (Å²) in [6, 6.07) is 15.3. The molecule has 0 atom stereocenters. The van der Waals surface area contributed by atoms with Gasteiger partial charge in [0, 0.05) is 8.95 Å². The van der Waals surface area contributed by atoms with Crippen LogP contribution in [0.2, 0.25) is 0 Å². The van der Waals surface area contributed by atoms with Gasteiger partial charge in [-0.15, -0.1) is 0 Å². The van der Waals surface area contributed by atoms with Crippen molar-refractivity contribution in [3.63, 3.8) is 0 Å². The minimum Gasteiger partial charge on any atom is -0.493 e. The Kier molecular flexibility index (Phi) is 9.69. The number of halogens is 4. The maximum absolute atomic E-state index is 12.4. The van der Waals surface area contributed by atoms with Crippen LogP contribution in [-0.4, -0.2) is 31.8 Å². The van der Waals surface area contributed by atoms with Gasteiger partial charge in [-0.25, -0.2) is 10.2 Å². The van der Waals surface area contributed by atoms with Crippen LogP contribution in [0.5, 0.6) is 17.2 Å². The molecule has 0 heterocycles. The lowest BCUT2D eigenvalue weighted by molar-refractivity contribution is -0.123. The van der Waals surface area contributed by atoms with Crippen molar-refractivity contribution in [2.75, 3.05) is 13.7 Å². The first-order valence-corrected chi connectivity index (χ1v) is 12.7. The number of hydrogen-bond acceptors (Lipinski definition) is 6. The average Bonchev–Trinajstić information content (AvgIpc) is 2.79. The summed E-state index contributed by atoms with van der Waals surface area (Å²) in [4.78, 5) is 24.4. The molecule has 0 spiro atoms. The first-order chi connectivity index (χ1) is 16.3. The van der Waals surface area contributed by atoms with Crippen LogP contribution in [0.4, 0.5) is 0 Å². The van der Waals surface area contributed by atoms with Crippen LogP contribution in [0.25, 0.3) is 0 Å². The van der Waals surface area contributed by atoms with Crippen molar-refractivity contribution in [2.45, 2.75) is 0 Å². The summed E-state index contributed by atoms with van der Waals surface area (Å²) < 4.78 is 19.4. The minimum absolute atomic E-state index is 0.232. The van der Waals surface area contributed by atoms with E-state index in [1.54, 1.807) is 42.5 Å². The van der Waals surface area contributed by atoms with Crippen molar-refractivity contribution in [1.82, 2.24) is 5.43 Å². The van der Waals surface area contributed by atoms with Gasteiger partial charge in [-0.05, 0) is 92.0 Å². The van der Waals surface area contributed by atoms with Crippen LogP contribution in [0.15, 0.2) is 77.6 Å². The van der Waals surface area contributed by atoms with Gasteiger partial charge in [-0.1, -0.05) is 31.9 Å². The van der Waals surface area contributed by atoms with Gasteiger partial charge in [-0.3, -0.25) is 4.79 Å². The largest absolute Gasteiger partial charge is 0.493 e. The lowest BCUT2D eigenvalue weighted by Crippen LogP contribution is -2.24. The normalized spacial score (nSPS) is 10.7. The van der Waals surface area contributed by atoms with E-state index in [2.05, 4.69) is 74.2 Å². The summed E-state index contributed by atoms with van der Waals surface area (Å²) in [6.07, 6.45) is 1.44. The summed E-state index contributed by atoms with van der Waals surface area (Å²) in [7, 11) is 1.46. The number of esters is 1. The lowest BCUT2D eigenvalue weighted by Gasteiger charge is -2.10. The van der Waals surface area contributed by atoms with Crippen molar-refractivity contribution in [2.24, 2.45) is 5.10 Å². The molecular weight excluding hydrogens is 704 g/mol. The number of ether oxygens (including phenoxy) is 3. The molecule has 0 bridgehead atoms. The minimum atomic E-state index is -0.511. The first kappa shape index (κ1) is 26.4. The van der Waals surface area contributed by atoms with Gasteiger partial charge in [0.05, 0.1) is 27.8 Å². The fraction of sp³-hybridized carbons (Fsp3) is 0.0870. The van der Waals surface area contributed by atoms with Crippen LogP contribution in [0.1, 0.15) is 15.9 Å². The number of methoxy groups -OCH3 is 1. The smallest absolute Gasteiger partial charge is 0.343 e. The molecule has 1 amide bonds.